The standard InChI is InChI=1S/C20H28N2O5S/c1-10-8-22(9-11(2)26-10)19(24)13(4)27-20(25)16-12(3)14(5)28-18(16)21-17(23)15-6-7-15/h10-11,13,15H,6-9H2,1-5H3,(H,21,23). The Morgan fingerprint density at radius 3 is 2.36 bits per heavy atom. The summed E-state index contributed by atoms with van der Waals surface area (Å²) in [5.74, 6) is -0.834. The number of carbonyl (C=O) groups excluding carboxylic acids is 3. The Hall–Kier alpha value is -1.93. The minimum absolute atomic E-state index is 0.0392. The van der Waals surface area contributed by atoms with E-state index < -0.39 is 12.1 Å². The third kappa shape index (κ3) is 4.55. The Morgan fingerprint density at radius 2 is 1.79 bits per heavy atom. The molecule has 3 rings (SSSR count). The molecule has 2 fully saturated rings. The maximum absolute atomic E-state index is 12.8. The molecule has 1 aliphatic carbocycles. The first-order chi connectivity index (χ1) is 13.2. The third-order valence-electron chi connectivity index (χ3n) is 5.14. The number of ether oxygens (including phenoxy) is 2. The molecule has 1 aromatic rings. The average Bonchev–Trinajstić information content (AvgIpc) is 3.41. The molecule has 0 radical (unpaired) electrons. The van der Waals surface area contributed by atoms with Gasteiger partial charge in [-0.15, -0.1) is 11.3 Å². The summed E-state index contributed by atoms with van der Waals surface area (Å²) < 4.78 is 11.2. The molecule has 2 heterocycles. The second kappa shape index (κ2) is 8.21. The van der Waals surface area contributed by atoms with Crippen molar-refractivity contribution in [2.45, 2.75) is 65.8 Å². The van der Waals surface area contributed by atoms with E-state index in [1.807, 2.05) is 27.7 Å². The van der Waals surface area contributed by atoms with Crippen LogP contribution in [-0.4, -0.2) is 54.1 Å². The van der Waals surface area contributed by atoms with E-state index in [0.29, 0.717) is 23.7 Å². The number of anilines is 1. The topological polar surface area (TPSA) is 84.9 Å². The lowest BCUT2D eigenvalue weighted by Crippen LogP contribution is -2.51. The first-order valence-electron chi connectivity index (χ1n) is 9.73. The van der Waals surface area contributed by atoms with Gasteiger partial charge in [0.05, 0.1) is 17.8 Å². The fraction of sp³-hybridized carbons (Fsp3) is 0.650. The van der Waals surface area contributed by atoms with Crippen molar-refractivity contribution in [2.75, 3.05) is 18.4 Å². The van der Waals surface area contributed by atoms with Crippen LogP contribution in [0.25, 0.3) is 0 Å². The second-order valence-electron chi connectivity index (χ2n) is 7.80. The lowest BCUT2D eigenvalue weighted by atomic mass is 10.1. The lowest BCUT2D eigenvalue weighted by Gasteiger charge is -2.36. The molecular formula is C20H28N2O5S. The Kier molecular flexibility index (Phi) is 6.09. The molecule has 154 valence electrons. The van der Waals surface area contributed by atoms with Crippen LogP contribution in [0.15, 0.2) is 0 Å². The Bertz CT molecular complexity index is 776. The number of carbonyl (C=O) groups is 3. The van der Waals surface area contributed by atoms with Crippen LogP contribution in [-0.2, 0) is 19.1 Å². The monoisotopic (exact) mass is 408 g/mol. The van der Waals surface area contributed by atoms with Crippen LogP contribution in [0.3, 0.4) is 0 Å². The number of hydrogen-bond acceptors (Lipinski definition) is 6. The molecular weight excluding hydrogens is 380 g/mol. The molecule has 8 heteroatoms. The molecule has 7 nitrogen and oxygen atoms in total. The molecule has 3 unspecified atom stereocenters. The summed E-state index contributed by atoms with van der Waals surface area (Å²) in [6.45, 7) is 10.1. The molecule has 1 N–H and O–H groups in total. The van der Waals surface area contributed by atoms with Crippen LogP contribution < -0.4 is 5.32 Å². The van der Waals surface area contributed by atoms with Crippen molar-refractivity contribution in [1.29, 1.82) is 0 Å². The van der Waals surface area contributed by atoms with Gasteiger partial charge in [0.1, 0.15) is 5.00 Å². The predicted molar refractivity (Wildman–Crippen MR) is 107 cm³/mol. The number of aryl methyl sites for hydroxylation is 1. The number of nitrogens with one attached hydrogen (secondary N) is 1. The van der Waals surface area contributed by atoms with E-state index in [4.69, 9.17) is 9.47 Å². The fourth-order valence-electron chi connectivity index (χ4n) is 3.41. The summed E-state index contributed by atoms with van der Waals surface area (Å²) in [6, 6.07) is 0. The molecule has 1 saturated carbocycles. The van der Waals surface area contributed by atoms with Crippen LogP contribution in [0, 0.1) is 19.8 Å². The van der Waals surface area contributed by atoms with Crippen LogP contribution in [0.2, 0.25) is 0 Å². The minimum Gasteiger partial charge on any atom is -0.449 e. The van der Waals surface area contributed by atoms with Gasteiger partial charge in [0, 0.05) is 23.9 Å². The highest BCUT2D eigenvalue weighted by Gasteiger charge is 2.34. The van der Waals surface area contributed by atoms with Crippen molar-refractivity contribution in [3.63, 3.8) is 0 Å². The van der Waals surface area contributed by atoms with Crippen molar-refractivity contribution in [3.05, 3.63) is 16.0 Å². The first kappa shape index (κ1) is 20.8. The SMILES string of the molecule is Cc1sc(NC(=O)C2CC2)c(C(=O)OC(C)C(=O)N2CC(C)OC(C)C2)c1C. The quantitative estimate of drug-likeness (QED) is 0.758. The molecule has 1 aromatic heterocycles. The van der Waals surface area contributed by atoms with Crippen molar-refractivity contribution in [3.8, 4) is 0 Å². The molecule has 0 spiro atoms. The molecule has 1 aliphatic heterocycles. The fourth-order valence-corrected chi connectivity index (χ4v) is 4.46. The zero-order chi connectivity index (χ0) is 20.6. The third-order valence-corrected chi connectivity index (χ3v) is 6.26. The van der Waals surface area contributed by atoms with Crippen molar-refractivity contribution in [2.24, 2.45) is 5.92 Å². The largest absolute Gasteiger partial charge is 0.449 e. The lowest BCUT2D eigenvalue weighted by molar-refractivity contribution is -0.151. The van der Waals surface area contributed by atoms with Crippen molar-refractivity contribution >= 4 is 34.1 Å². The molecule has 2 amide bonds. The Morgan fingerprint density at radius 1 is 1.18 bits per heavy atom. The molecule has 0 aromatic carbocycles. The van der Waals surface area contributed by atoms with Crippen molar-refractivity contribution in [1.82, 2.24) is 4.90 Å². The van der Waals surface area contributed by atoms with Crippen LogP contribution >= 0.6 is 11.3 Å². The van der Waals surface area contributed by atoms with Gasteiger partial charge in [-0.3, -0.25) is 9.59 Å². The van der Waals surface area contributed by atoms with Crippen LogP contribution in [0.1, 0.15) is 54.4 Å². The Balaban J connectivity index is 1.69. The highest BCUT2D eigenvalue weighted by molar-refractivity contribution is 7.16. The molecule has 2 aliphatic rings. The Labute approximate surface area is 169 Å². The van der Waals surface area contributed by atoms with Crippen LogP contribution in [0.5, 0.6) is 0 Å². The smallest absolute Gasteiger partial charge is 0.342 e. The summed E-state index contributed by atoms with van der Waals surface area (Å²) in [6.07, 6.45) is 0.758. The van der Waals surface area contributed by atoms with Gasteiger partial charge in [-0.25, -0.2) is 4.79 Å². The van der Waals surface area contributed by atoms with E-state index in [0.717, 1.165) is 23.3 Å². The van der Waals surface area contributed by atoms with Gasteiger partial charge in [-0.05, 0) is 53.0 Å². The second-order valence-corrected chi connectivity index (χ2v) is 9.02. The van der Waals surface area contributed by atoms with Crippen LogP contribution in [0.4, 0.5) is 5.00 Å². The van der Waals surface area contributed by atoms with Gasteiger partial charge < -0.3 is 19.7 Å². The number of amides is 2. The van der Waals surface area contributed by atoms with Gasteiger partial charge in [0.2, 0.25) is 5.91 Å². The average molecular weight is 409 g/mol. The number of rotatable bonds is 5. The zero-order valence-corrected chi connectivity index (χ0v) is 17.9. The first-order valence-corrected chi connectivity index (χ1v) is 10.5. The highest BCUT2D eigenvalue weighted by atomic mass is 32.1. The van der Waals surface area contributed by atoms with E-state index in [-0.39, 0.29) is 29.9 Å². The minimum atomic E-state index is -0.906. The van der Waals surface area contributed by atoms with Gasteiger partial charge in [-0.1, -0.05) is 0 Å². The summed E-state index contributed by atoms with van der Waals surface area (Å²) in [7, 11) is 0. The van der Waals surface area contributed by atoms with E-state index >= 15 is 0 Å². The maximum atomic E-state index is 12.8. The number of esters is 1. The molecule has 3 atom stereocenters. The van der Waals surface area contributed by atoms with E-state index in [2.05, 4.69) is 5.32 Å². The molecule has 0 bridgehead atoms. The predicted octanol–water partition coefficient (Wildman–Crippen LogP) is 2.89. The summed E-state index contributed by atoms with van der Waals surface area (Å²) in [5, 5.41) is 3.36. The van der Waals surface area contributed by atoms with Gasteiger partial charge >= 0.3 is 5.97 Å². The number of thiophene rings is 1. The maximum Gasteiger partial charge on any atom is 0.342 e. The van der Waals surface area contributed by atoms with E-state index in [1.54, 1.807) is 11.8 Å². The molecule has 1 saturated heterocycles. The summed E-state index contributed by atoms with van der Waals surface area (Å²) in [5.41, 5.74) is 1.12. The van der Waals surface area contributed by atoms with Gasteiger partial charge in [0.25, 0.3) is 5.91 Å². The zero-order valence-electron chi connectivity index (χ0n) is 17.0. The van der Waals surface area contributed by atoms with Crippen molar-refractivity contribution < 1.29 is 23.9 Å². The highest BCUT2D eigenvalue weighted by Crippen LogP contribution is 2.36. The normalized spacial score (nSPS) is 23.2. The molecule has 28 heavy (non-hydrogen) atoms. The van der Waals surface area contributed by atoms with Gasteiger partial charge in [-0.2, -0.15) is 0 Å². The van der Waals surface area contributed by atoms with E-state index in [1.165, 1.54) is 11.3 Å². The number of nitrogens with zero attached hydrogens (tertiary/aromatic N) is 1. The summed E-state index contributed by atoms with van der Waals surface area (Å²) >= 11 is 1.36. The van der Waals surface area contributed by atoms with Gasteiger partial charge in [0.15, 0.2) is 6.10 Å². The number of hydrogen-bond donors (Lipinski definition) is 1. The van der Waals surface area contributed by atoms with E-state index in [9.17, 15) is 14.4 Å². The number of morpholine rings is 1. The summed E-state index contributed by atoms with van der Waals surface area (Å²) in [4.78, 5) is 40.3.